The number of nitrogens with one attached hydrogen (secondary N) is 2. The van der Waals surface area contributed by atoms with Gasteiger partial charge in [0.25, 0.3) is 0 Å². The van der Waals surface area contributed by atoms with Crippen molar-refractivity contribution in [2.24, 2.45) is 0 Å². The summed E-state index contributed by atoms with van der Waals surface area (Å²) in [7, 11) is -3.42. The maximum atomic E-state index is 12.5. The first-order valence-electron chi connectivity index (χ1n) is 8.35. The van der Waals surface area contributed by atoms with Crippen molar-refractivity contribution in [3.05, 3.63) is 53.6 Å². The molecule has 1 saturated heterocycles. The Bertz CT molecular complexity index is 879. The minimum absolute atomic E-state index is 0.0603. The summed E-state index contributed by atoms with van der Waals surface area (Å²) >= 11 is 5.88. The molecule has 0 radical (unpaired) electrons. The number of carbonyl (C=O) groups excluding carboxylic acids is 1. The minimum atomic E-state index is -3.42. The van der Waals surface area contributed by atoms with Crippen LogP contribution in [-0.4, -0.2) is 38.3 Å². The van der Waals surface area contributed by atoms with Crippen LogP contribution in [0.5, 0.6) is 0 Å². The molecule has 2 aromatic carbocycles. The number of amides is 1. The van der Waals surface area contributed by atoms with Crippen LogP contribution in [-0.2, 0) is 14.8 Å². The van der Waals surface area contributed by atoms with Gasteiger partial charge >= 0.3 is 0 Å². The third kappa shape index (κ3) is 4.55. The molecule has 0 aromatic heterocycles. The van der Waals surface area contributed by atoms with E-state index in [0.29, 0.717) is 29.5 Å². The molecular formula is C18H20ClN3O3S. The molecule has 1 amide bonds. The van der Waals surface area contributed by atoms with Crippen molar-refractivity contribution in [3.63, 3.8) is 0 Å². The van der Waals surface area contributed by atoms with Gasteiger partial charge in [-0.05, 0) is 55.3 Å². The van der Waals surface area contributed by atoms with Crippen molar-refractivity contribution >= 4 is 38.9 Å². The van der Waals surface area contributed by atoms with Crippen LogP contribution < -0.4 is 10.6 Å². The molecule has 0 atom stereocenters. The normalized spacial score (nSPS) is 15.0. The maximum absolute atomic E-state index is 12.5. The predicted octanol–water partition coefficient (Wildman–Crippen LogP) is 3.18. The highest BCUT2D eigenvalue weighted by molar-refractivity contribution is 7.89. The topological polar surface area (TPSA) is 78.5 Å². The number of benzene rings is 2. The lowest BCUT2D eigenvalue weighted by Crippen LogP contribution is -2.27. The van der Waals surface area contributed by atoms with Crippen LogP contribution in [0.25, 0.3) is 0 Å². The molecule has 2 N–H and O–H groups in total. The van der Waals surface area contributed by atoms with E-state index in [1.807, 2.05) is 0 Å². The zero-order valence-electron chi connectivity index (χ0n) is 14.1. The number of nitrogens with zero attached hydrogens (tertiary/aromatic N) is 1. The van der Waals surface area contributed by atoms with E-state index in [1.54, 1.807) is 48.5 Å². The Morgan fingerprint density at radius 3 is 2.38 bits per heavy atom. The van der Waals surface area contributed by atoms with Crippen molar-refractivity contribution in [1.82, 2.24) is 4.31 Å². The average Bonchev–Trinajstić information content (AvgIpc) is 3.16. The summed E-state index contributed by atoms with van der Waals surface area (Å²) in [6.45, 7) is 1.21. The molecule has 1 aliphatic heterocycles. The molecule has 0 spiro atoms. The number of carbonyl (C=O) groups is 1. The Hall–Kier alpha value is -2.09. The Kier molecular flexibility index (Phi) is 5.80. The Balaban J connectivity index is 1.56. The van der Waals surface area contributed by atoms with Crippen LogP contribution in [0, 0.1) is 0 Å². The van der Waals surface area contributed by atoms with Gasteiger partial charge < -0.3 is 10.6 Å². The van der Waals surface area contributed by atoms with Gasteiger partial charge in [0.05, 0.1) is 11.4 Å². The molecular weight excluding hydrogens is 374 g/mol. The first-order valence-corrected chi connectivity index (χ1v) is 10.2. The SMILES string of the molecule is O=C(CNc1ccc(S(=O)(=O)N2CCCC2)cc1)Nc1cccc(Cl)c1. The number of hydrogen-bond acceptors (Lipinski definition) is 4. The molecule has 6 nitrogen and oxygen atoms in total. The highest BCUT2D eigenvalue weighted by Gasteiger charge is 2.26. The molecule has 1 heterocycles. The van der Waals surface area contributed by atoms with Gasteiger partial charge in [-0.1, -0.05) is 17.7 Å². The summed E-state index contributed by atoms with van der Waals surface area (Å²) < 4.78 is 26.5. The molecule has 138 valence electrons. The molecule has 26 heavy (non-hydrogen) atoms. The zero-order chi connectivity index (χ0) is 18.6. The zero-order valence-corrected chi connectivity index (χ0v) is 15.7. The van der Waals surface area contributed by atoms with Gasteiger partial charge in [0.1, 0.15) is 0 Å². The highest BCUT2D eigenvalue weighted by Crippen LogP contribution is 2.22. The first kappa shape index (κ1) is 18.7. The number of halogens is 1. The second kappa shape index (κ2) is 8.07. The fourth-order valence-electron chi connectivity index (χ4n) is 2.78. The molecule has 2 aromatic rings. The lowest BCUT2D eigenvalue weighted by atomic mass is 10.3. The third-order valence-corrected chi connectivity index (χ3v) is 6.27. The summed E-state index contributed by atoms with van der Waals surface area (Å²) in [5.74, 6) is -0.221. The van der Waals surface area contributed by atoms with Crippen LogP contribution in [0.1, 0.15) is 12.8 Å². The van der Waals surface area contributed by atoms with Crippen LogP contribution in [0.4, 0.5) is 11.4 Å². The monoisotopic (exact) mass is 393 g/mol. The molecule has 0 bridgehead atoms. The Labute approximate surface area is 158 Å². The van der Waals surface area contributed by atoms with Gasteiger partial charge in [0, 0.05) is 29.5 Å². The van der Waals surface area contributed by atoms with Gasteiger partial charge in [-0.15, -0.1) is 0 Å². The van der Waals surface area contributed by atoms with E-state index in [-0.39, 0.29) is 17.3 Å². The Morgan fingerprint density at radius 2 is 1.73 bits per heavy atom. The lowest BCUT2D eigenvalue weighted by Gasteiger charge is -2.15. The van der Waals surface area contributed by atoms with E-state index < -0.39 is 10.0 Å². The quantitative estimate of drug-likeness (QED) is 0.790. The van der Waals surface area contributed by atoms with E-state index in [0.717, 1.165) is 12.8 Å². The third-order valence-electron chi connectivity index (χ3n) is 4.12. The van der Waals surface area contributed by atoms with Gasteiger partial charge in [0.15, 0.2) is 0 Å². The summed E-state index contributed by atoms with van der Waals surface area (Å²) in [6, 6.07) is 13.3. The standard InChI is InChI=1S/C18H20ClN3O3S/c19-14-4-3-5-16(12-14)21-18(23)13-20-15-6-8-17(9-7-15)26(24,25)22-10-1-2-11-22/h3-9,12,20H,1-2,10-11,13H2,(H,21,23). The van der Waals surface area contributed by atoms with Crippen LogP contribution in [0.3, 0.4) is 0 Å². The summed E-state index contributed by atoms with van der Waals surface area (Å²) in [4.78, 5) is 12.2. The predicted molar refractivity (Wildman–Crippen MR) is 103 cm³/mol. The molecule has 0 aliphatic carbocycles. The highest BCUT2D eigenvalue weighted by atomic mass is 35.5. The van der Waals surface area contributed by atoms with E-state index in [2.05, 4.69) is 10.6 Å². The second-order valence-electron chi connectivity index (χ2n) is 6.05. The molecule has 3 rings (SSSR count). The fourth-order valence-corrected chi connectivity index (χ4v) is 4.48. The van der Waals surface area contributed by atoms with E-state index >= 15 is 0 Å². The van der Waals surface area contributed by atoms with Crippen molar-refractivity contribution in [3.8, 4) is 0 Å². The maximum Gasteiger partial charge on any atom is 0.243 e. The largest absolute Gasteiger partial charge is 0.376 e. The van der Waals surface area contributed by atoms with Gasteiger partial charge in [-0.3, -0.25) is 4.79 Å². The van der Waals surface area contributed by atoms with E-state index in [4.69, 9.17) is 11.6 Å². The summed E-state index contributed by atoms with van der Waals surface area (Å²) in [5, 5.41) is 6.26. The van der Waals surface area contributed by atoms with Crippen LogP contribution >= 0.6 is 11.6 Å². The number of rotatable bonds is 6. The second-order valence-corrected chi connectivity index (χ2v) is 8.42. The molecule has 0 unspecified atom stereocenters. The number of anilines is 2. The van der Waals surface area contributed by atoms with Crippen molar-refractivity contribution in [2.75, 3.05) is 30.3 Å². The molecule has 1 aliphatic rings. The van der Waals surface area contributed by atoms with Crippen LogP contribution in [0.2, 0.25) is 5.02 Å². The van der Waals surface area contributed by atoms with Gasteiger partial charge in [0.2, 0.25) is 15.9 Å². The lowest BCUT2D eigenvalue weighted by molar-refractivity contribution is -0.114. The van der Waals surface area contributed by atoms with E-state index in [1.165, 1.54) is 4.31 Å². The van der Waals surface area contributed by atoms with Crippen molar-refractivity contribution in [1.29, 1.82) is 0 Å². The molecule has 0 saturated carbocycles. The Morgan fingerprint density at radius 1 is 1.04 bits per heavy atom. The minimum Gasteiger partial charge on any atom is -0.376 e. The molecule has 8 heteroatoms. The van der Waals surface area contributed by atoms with Gasteiger partial charge in [-0.2, -0.15) is 4.31 Å². The number of hydrogen-bond donors (Lipinski definition) is 2. The molecule has 1 fully saturated rings. The smallest absolute Gasteiger partial charge is 0.243 e. The first-order chi connectivity index (χ1) is 12.4. The summed E-state index contributed by atoms with van der Waals surface area (Å²) in [5.41, 5.74) is 1.29. The average molecular weight is 394 g/mol. The van der Waals surface area contributed by atoms with Gasteiger partial charge in [-0.25, -0.2) is 8.42 Å². The van der Waals surface area contributed by atoms with E-state index in [9.17, 15) is 13.2 Å². The van der Waals surface area contributed by atoms with Crippen molar-refractivity contribution < 1.29 is 13.2 Å². The fraction of sp³-hybridized carbons (Fsp3) is 0.278. The van der Waals surface area contributed by atoms with Crippen LogP contribution in [0.15, 0.2) is 53.4 Å². The van der Waals surface area contributed by atoms with Crippen molar-refractivity contribution in [2.45, 2.75) is 17.7 Å². The summed E-state index contributed by atoms with van der Waals surface area (Å²) in [6.07, 6.45) is 1.81. The number of sulfonamides is 1.